The van der Waals surface area contributed by atoms with Crippen LogP contribution in [0.4, 0.5) is 0 Å². The number of para-hydroxylation sites is 2. The molecule has 0 spiro atoms. The van der Waals surface area contributed by atoms with Crippen LogP contribution in [0.15, 0.2) is 42.5 Å². The van der Waals surface area contributed by atoms with Crippen LogP contribution in [-0.4, -0.2) is 33.8 Å². The Morgan fingerprint density at radius 1 is 0.926 bits per heavy atom. The fraction of sp³-hybridized carbons (Fsp3) is 0.409. The molecule has 1 N–H and O–H groups in total. The number of benzene rings is 2. The minimum absolute atomic E-state index is 0.103. The van der Waals surface area contributed by atoms with Crippen LogP contribution < -0.4 is 19.5 Å². The average molecular weight is 369 g/mol. The Morgan fingerprint density at radius 3 is 2.26 bits per heavy atom. The molecule has 1 aliphatic carbocycles. The highest BCUT2D eigenvalue weighted by Gasteiger charge is 2.38. The molecule has 0 radical (unpaired) electrons. The highest BCUT2D eigenvalue weighted by molar-refractivity contribution is 5.97. The van der Waals surface area contributed by atoms with Crippen LogP contribution in [0.2, 0.25) is 0 Å². The summed E-state index contributed by atoms with van der Waals surface area (Å²) >= 11 is 0. The fourth-order valence-electron chi connectivity index (χ4n) is 4.09. The first-order valence-electron chi connectivity index (χ1n) is 9.28. The molecule has 1 aliphatic rings. The molecule has 0 aromatic heterocycles. The number of carbonyl (C=O) groups excluding carboxylic acids is 1. The largest absolute Gasteiger partial charge is 0.496 e. The zero-order chi connectivity index (χ0) is 19.3. The molecule has 5 heteroatoms. The highest BCUT2D eigenvalue weighted by Crippen LogP contribution is 2.44. The van der Waals surface area contributed by atoms with E-state index < -0.39 is 0 Å². The molecule has 0 saturated heterocycles. The summed E-state index contributed by atoms with van der Waals surface area (Å²) < 4.78 is 16.3. The van der Waals surface area contributed by atoms with Gasteiger partial charge in [0.1, 0.15) is 5.75 Å². The van der Waals surface area contributed by atoms with Gasteiger partial charge in [-0.15, -0.1) is 0 Å². The summed E-state index contributed by atoms with van der Waals surface area (Å²) in [4.78, 5) is 12.9. The van der Waals surface area contributed by atoms with E-state index in [1.165, 1.54) is 5.56 Å². The van der Waals surface area contributed by atoms with E-state index in [1.54, 1.807) is 39.5 Å². The second kappa shape index (κ2) is 8.33. The van der Waals surface area contributed by atoms with Crippen molar-refractivity contribution in [3.8, 4) is 17.2 Å². The van der Waals surface area contributed by atoms with Crippen molar-refractivity contribution in [2.75, 3.05) is 27.9 Å². The molecule has 1 amide bonds. The number of nitrogens with one attached hydrogen (secondary N) is 1. The van der Waals surface area contributed by atoms with Gasteiger partial charge >= 0.3 is 0 Å². The first-order valence-corrected chi connectivity index (χ1v) is 9.28. The van der Waals surface area contributed by atoms with E-state index in [9.17, 15) is 4.79 Å². The van der Waals surface area contributed by atoms with Crippen LogP contribution in [0.3, 0.4) is 0 Å². The Morgan fingerprint density at radius 2 is 1.59 bits per heavy atom. The number of ether oxygens (including phenoxy) is 3. The van der Waals surface area contributed by atoms with Gasteiger partial charge in [-0.3, -0.25) is 4.79 Å². The summed E-state index contributed by atoms with van der Waals surface area (Å²) in [6, 6.07) is 13.4. The number of carbonyl (C=O) groups is 1. The zero-order valence-electron chi connectivity index (χ0n) is 16.2. The highest BCUT2D eigenvalue weighted by atomic mass is 16.5. The van der Waals surface area contributed by atoms with Crippen LogP contribution in [0, 0.1) is 0 Å². The van der Waals surface area contributed by atoms with Crippen molar-refractivity contribution >= 4 is 5.91 Å². The molecule has 3 rings (SSSR count). The lowest BCUT2D eigenvalue weighted by Gasteiger charge is -2.31. The Kier molecular flexibility index (Phi) is 5.89. The van der Waals surface area contributed by atoms with Gasteiger partial charge in [-0.1, -0.05) is 37.1 Å². The van der Waals surface area contributed by atoms with Gasteiger partial charge in [-0.2, -0.15) is 0 Å². The van der Waals surface area contributed by atoms with Crippen molar-refractivity contribution in [3.63, 3.8) is 0 Å². The molecule has 0 heterocycles. The van der Waals surface area contributed by atoms with Crippen molar-refractivity contribution in [3.05, 3.63) is 53.6 Å². The number of hydrogen-bond donors (Lipinski definition) is 1. The van der Waals surface area contributed by atoms with E-state index in [4.69, 9.17) is 14.2 Å². The predicted octanol–water partition coefficient (Wildman–Crippen LogP) is 3.95. The van der Waals surface area contributed by atoms with Gasteiger partial charge in [-0.25, -0.2) is 0 Å². The topological polar surface area (TPSA) is 56.8 Å². The number of methoxy groups -OCH3 is 3. The zero-order valence-corrected chi connectivity index (χ0v) is 16.2. The third-order valence-corrected chi connectivity index (χ3v) is 5.47. The van der Waals surface area contributed by atoms with Gasteiger partial charge in [0.05, 0.1) is 26.9 Å². The molecule has 0 bridgehead atoms. The molecule has 1 fully saturated rings. The third-order valence-electron chi connectivity index (χ3n) is 5.47. The lowest BCUT2D eigenvalue weighted by atomic mass is 9.78. The summed E-state index contributed by atoms with van der Waals surface area (Å²) in [7, 11) is 4.80. The van der Waals surface area contributed by atoms with Gasteiger partial charge < -0.3 is 19.5 Å². The molecular weight excluding hydrogens is 342 g/mol. The molecular formula is C22H27NO4. The van der Waals surface area contributed by atoms with Gasteiger partial charge in [0.25, 0.3) is 5.91 Å². The molecule has 27 heavy (non-hydrogen) atoms. The van der Waals surface area contributed by atoms with Crippen LogP contribution in [0.25, 0.3) is 0 Å². The van der Waals surface area contributed by atoms with E-state index in [-0.39, 0.29) is 11.3 Å². The first kappa shape index (κ1) is 19.1. The third kappa shape index (κ3) is 3.72. The van der Waals surface area contributed by atoms with Gasteiger partial charge in [-0.05, 0) is 31.0 Å². The first-order chi connectivity index (χ1) is 13.1. The van der Waals surface area contributed by atoms with Crippen LogP contribution in [0.1, 0.15) is 41.6 Å². The average Bonchev–Trinajstić information content (AvgIpc) is 3.21. The standard InChI is InChI=1S/C22H27NO4/c1-25-18-11-5-4-10-17(18)22(13-6-7-14-22)15-23-21(24)16-9-8-12-19(26-2)20(16)27-3/h4-5,8-12H,6-7,13-15H2,1-3H3,(H,23,24). The van der Waals surface area contributed by atoms with Crippen molar-refractivity contribution in [2.24, 2.45) is 0 Å². The lowest BCUT2D eigenvalue weighted by molar-refractivity contribution is 0.0939. The van der Waals surface area contributed by atoms with Gasteiger partial charge in [0.15, 0.2) is 11.5 Å². The maximum absolute atomic E-state index is 12.9. The maximum Gasteiger partial charge on any atom is 0.255 e. The summed E-state index contributed by atoms with van der Waals surface area (Å²) in [5.74, 6) is 1.72. The minimum atomic E-state index is -0.160. The smallest absolute Gasteiger partial charge is 0.255 e. The molecule has 5 nitrogen and oxygen atoms in total. The minimum Gasteiger partial charge on any atom is -0.496 e. The quantitative estimate of drug-likeness (QED) is 0.803. The molecule has 0 aliphatic heterocycles. The van der Waals surface area contributed by atoms with E-state index in [1.807, 2.05) is 18.2 Å². The molecule has 0 atom stereocenters. The Labute approximate surface area is 160 Å². The number of amides is 1. The van der Waals surface area contributed by atoms with Gasteiger partial charge in [0.2, 0.25) is 0 Å². The van der Waals surface area contributed by atoms with Crippen LogP contribution in [-0.2, 0) is 5.41 Å². The van der Waals surface area contributed by atoms with E-state index in [0.717, 1.165) is 31.4 Å². The van der Waals surface area contributed by atoms with Gasteiger partial charge in [0, 0.05) is 17.5 Å². The molecule has 0 unspecified atom stereocenters. The van der Waals surface area contributed by atoms with E-state index in [2.05, 4.69) is 11.4 Å². The summed E-state index contributed by atoms with van der Waals surface area (Å²) in [6.45, 7) is 0.562. The Hall–Kier alpha value is -2.69. The van der Waals surface area contributed by atoms with Crippen molar-refractivity contribution < 1.29 is 19.0 Å². The molecule has 2 aromatic rings. The summed E-state index contributed by atoms with van der Waals surface area (Å²) in [6.07, 6.45) is 4.36. The SMILES string of the molecule is COc1ccccc1C1(CNC(=O)c2cccc(OC)c2OC)CCCC1. The Balaban J connectivity index is 1.85. The Bertz CT molecular complexity index is 797. The monoisotopic (exact) mass is 369 g/mol. The lowest BCUT2D eigenvalue weighted by Crippen LogP contribution is -2.39. The molecule has 1 saturated carbocycles. The van der Waals surface area contributed by atoms with Crippen LogP contribution >= 0.6 is 0 Å². The van der Waals surface area contributed by atoms with Crippen molar-refractivity contribution in [2.45, 2.75) is 31.1 Å². The predicted molar refractivity (Wildman–Crippen MR) is 105 cm³/mol. The second-order valence-corrected chi connectivity index (χ2v) is 6.91. The van der Waals surface area contributed by atoms with Crippen molar-refractivity contribution in [1.82, 2.24) is 5.32 Å². The van der Waals surface area contributed by atoms with Crippen molar-refractivity contribution in [1.29, 1.82) is 0 Å². The normalized spacial score (nSPS) is 15.2. The van der Waals surface area contributed by atoms with E-state index >= 15 is 0 Å². The maximum atomic E-state index is 12.9. The second-order valence-electron chi connectivity index (χ2n) is 6.91. The number of hydrogen-bond acceptors (Lipinski definition) is 4. The fourth-order valence-corrected chi connectivity index (χ4v) is 4.09. The van der Waals surface area contributed by atoms with E-state index in [0.29, 0.717) is 23.6 Å². The molecule has 144 valence electrons. The summed E-state index contributed by atoms with van der Waals surface area (Å²) in [5, 5.41) is 3.13. The molecule has 2 aromatic carbocycles. The number of rotatable bonds is 7. The van der Waals surface area contributed by atoms with Crippen LogP contribution in [0.5, 0.6) is 17.2 Å². The summed E-state index contributed by atoms with van der Waals surface area (Å²) in [5.41, 5.74) is 1.54.